The van der Waals surface area contributed by atoms with E-state index >= 15 is 0 Å². The van der Waals surface area contributed by atoms with E-state index in [9.17, 15) is 31.5 Å². The molecule has 2 aromatic rings. The molecule has 32 heavy (non-hydrogen) atoms. The Morgan fingerprint density at radius 2 is 2.09 bits per heavy atom. The summed E-state index contributed by atoms with van der Waals surface area (Å²) < 4.78 is 74.0. The van der Waals surface area contributed by atoms with Crippen molar-refractivity contribution in [1.29, 1.82) is 0 Å². The van der Waals surface area contributed by atoms with Crippen molar-refractivity contribution in [2.24, 2.45) is 7.05 Å². The van der Waals surface area contributed by atoms with Crippen molar-refractivity contribution >= 4 is 21.6 Å². The zero-order chi connectivity index (χ0) is 23.8. The lowest BCUT2D eigenvalue weighted by atomic mass is 10.1. The Labute approximate surface area is 182 Å². The third-order valence-corrected chi connectivity index (χ3v) is 6.28. The lowest BCUT2D eigenvalue weighted by molar-refractivity contribution is -0.138. The number of fused-ring (bicyclic) bond motifs is 1. The molecule has 8 nitrogen and oxygen atoms in total. The number of sulfonamides is 1. The molecule has 0 aliphatic carbocycles. The van der Waals surface area contributed by atoms with E-state index in [2.05, 4.69) is 21.9 Å². The first-order chi connectivity index (χ1) is 14.8. The summed E-state index contributed by atoms with van der Waals surface area (Å²) in [6.07, 6.45) is -4.81. The number of nitrogens with zero attached hydrogens (tertiary/aromatic N) is 1. The highest BCUT2D eigenvalue weighted by molar-refractivity contribution is 7.89. The van der Waals surface area contributed by atoms with Crippen molar-refractivity contribution in [3.63, 3.8) is 0 Å². The maximum absolute atomic E-state index is 13.2. The quantitative estimate of drug-likeness (QED) is 0.594. The van der Waals surface area contributed by atoms with Gasteiger partial charge in [0.2, 0.25) is 10.0 Å². The second kappa shape index (κ2) is 8.50. The molecule has 3 rings (SSSR count). The number of aromatic nitrogens is 1. The van der Waals surface area contributed by atoms with Crippen molar-refractivity contribution < 1.29 is 36.2 Å². The van der Waals surface area contributed by atoms with E-state index in [1.54, 1.807) is 0 Å². The number of hydrogen-bond acceptors (Lipinski definition) is 5. The number of aliphatic hydroxyl groups is 1. The molecule has 1 aromatic carbocycles. The van der Waals surface area contributed by atoms with Crippen molar-refractivity contribution in [1.82, 2.24) is 9.29 Å². The van der Waals surface area contributed by atoms with Crippen LogP contribution in [0.4, 0.5) is 18.9 Å². The van der Waals surface area contributed by atoms with Crippen LogP contribution in [0.5, 0.6) is 5.75 Å². The Kier molecular flexibility index (Phi) is 6.28. The van der Waals surface area contributed by atoms with Crippen LogP contribution in [-0.4, -0.2) is 42.8 Å². The summed E-state index contributed by atoms with van der Waals surface area (Å²) >= 11 is 0. The number of benzene rings is 1. The molecule has 0 spiro atoms. The van der Waals surface area contributed by atoms with E-state index in [0.29, 0.717) is 0 Å². The number of carbonyl (C=O) groups excluding carboxylic acids is 1. The molecule has 0 radical (unpaired) electrons. The highest BCUT2D eigenvalue weighted by Gasteiger charge is 2.37. The van der Waals surface area contributed by atoms with E-state index in [1.807, 2.05) is 0 Å². The van der Waals surface area contributed by atoms with Gasteiger partial charge in [0.1, 0.15) is 17.6 Å². The average molecular weight is 471 g/mol. The van der Waals surface area contributed by atoms with E-state index in [4.69, 9.17) is 4.74 Å². The SMILES string of the molecule is CC#C[C@H](O)[C@@H]1COc2c(cn(C)c2C(=O)Nc2ccc(C)c(C(F)(F)F)c2)S(=O)(=O)N1. The minimum atomic E-state index is -4.60. The molecule has 1 aliphatic heterocycles. The van der Waals surface area contributed by atoms with Gasteiger partial charge in [-0.15, -0.1) is 5.92 Å². The summed E-state index contributed by atoms with van der Waals surface area (Å²) in [6.45, 7) is 2.45. The molecule has 172 valence electrons. The standard InChI is InChI=1S/C20H20F3N3O5S/c1-4-5-15(27)14-10-31-18-16(32(29,30)25-14)9-26(3)17(18)19(28)24-12-7-6-11(2)13(8-12)20(21,22)23/h6-9,14-15,25,27H,10H2,1-3H3,(H,24,28)/t14-,15-/m0/s1. The smallest absolute Gasteiger partial charge is 0.416 e. The number of halogens is 3. The van der Waals surface area contributed by atoms with Gasteiger partial charge in [0, 0.05) is 18.9 Å². The van der Waals surface area contributed by atoms with Crippen LogP contribution in [0.2, 0.25) is 0 Å². The van der Waals surface area contributed by atoms with Gasteiger partial charge in [-0.1, -0.05) is 12.0 Å². The van der Waals surface area contributed by atoms with Gasteiger partial charge < -0.3 is 19.7 Å². The molecule has 0 saturated carbocycles. The number of nitrogens with one attached hydrogen (secondary N) is 2. The van der Waals surface area contributed by atoms with Crippen LogP contribution in [0.1, 0.15) is 28.5 Å². The minimum absolute atomic E-state index is 0.0106. The fraction of sp³-hybridized carbons (Fsp3) is 0.350. The number of aryl methyl sites for hydroxylation is 2. The normalized spacial score (nSPS) is 18.4. The fourth-order valence-corrected chi connectivity index (χ4v) is 4.66. The topological polar surface area (TPSA) is 110 Å². The molecule has 0 unspecified atom stereocenters. The first kappa shape index (κ1) is 23.6. The van der Waals surface area contributed by atoms with Crippen molar-refractivity contribution in [3.8, 4) is 17.6 Å². The molecule has 1 aromatic heterocycles. The second-order valence-corrected chi connectivity index (χ2v) is 8.82. The predicted molar refractivity (Wildman–Crippen MR) is 109 cm³/mol. The lowest BCUT2D eigenvalue weighted by Crippen LogP contribution is -2.45. The fourth-order valence-electron chi connectivity index (χ4n) is 3.24. The lowest BCUT2D eigenvalue weighted by Gasteiger charge is -2.17. The Hall–Kier alpha value is -3.01. The second-order valence-electron chi connectivity index (χ2n) is 7.14. The van der Waals surface area contributed by atoms with Crippen LogP contribution in [0, 0.1) is 18.8 Å². The third-order valence-electron chi connectivity index (χ3n) is 4.80. The molecule has 2 heterocycles. The number of ether oxygens (including phenoxy) is 1. The Morgan fingerprint density at radius 3 is 2.72 bits per heavy atom. The molecule has 2 atom stereocenters. The van der Waals surface area contributed by atoms with Gasteiger partial charge >= 0.3 is 6.18 Å². The molecule has 0 fully saturated rings. The summed E-state index contributed by atoms with van der Waals surface area (Å²) in [4.78, 5) is 12.5. The van der Waals surface area contributed by atoms with E-state index in [1.165, 1.54) is 37.6 Å². The van der Waals surface area contributed by atoms with Crippen molar-refractivity contribution in [3.05, 3.63) is 41.2 Å². The summed E-state index contributed by atoms with van der Waals surface area (Å²) in [5.41, 5.74) is -1.25. The summed E-state index contributed by atoms with van der Waals surface area (Å²) in [5, 5.41) is 12.4. The van der Waals surface area contributed by atoms with Crippen LogP contribution in [0.3, 0.4) is 0 Å². The van der Waals surface area contributed by atoms with Crippen LogP contribution >= 0.6 is 0 Å². The predicted octanol–water partition coefficient (Wildman–Crippen LogP) is 2.03. The average Bonchev–Trinajstić information content (AvgIpc) is 2.96. The summed E-state index contributed by atoms with van der Waals surface area (Å²) in [6, 6.07) is 2.23. The Morgan fingerprint density at radius 1 is 1.41 bits per heavy atom. The summed E-state index contributed by atoms with van der Waals surface area (Å²) in [7, 11) is -2.79. The third kappa shape index (κ3) is 4.59. The van der Waals surface area contributed by atoms with E-state index < -0.39 is 39.8 Å². The number of hydrogen-bond donors (Lipinski definition) is 3. The van der Waals surface area contributed by atoms with Gasteiger partial charge in [-0.05, 0) is 31.5 Å². The zero-order valence-electron chi connectivity index (χ0n) is 17.2. The maximum atomic E-state index is 13.2. The number of carbonyl (C=O) groups is 1. The van der Waals surface area contributed by atoms with Gasteiger partial charge in [-0.2, -0.15) is 13.2 Å². The molecule has 1 aliphatic rings. The number of rotatable bonds is 3. The van der Waals surface area contributed by atoms with Gasteiger partial charge in [-0.25, -0.2) is 13.1 Å². The minimum Gasteiger partial charge on any atom is -0.488 e. The molecule has 1 amide bonds. The Balaban J connectivity index is 1.96. The zero-order valence-corrected chi connectivity index (χ0v) is 18.1. The largest absolute Gasteiger partial charge is 0.488 e. The molecular weight excluding hydrogens is 451 g/mol. The van der Waals surface area contributed by atoms with Crippen molar-refractivity contribution in [2.75, 3.05) is 11.9 Å². The van der Waals surface area contributed by atoms with E-state index in [-0.39, 0.29) is 34.2 Å². The van der Waals surface area contributed by atoms with Crippen LogP contribution in [0.15, 0.2) is 29.3 Å². The highest BCUT2D eigenvalue weighted by Crippen LogP contribution is 2.35. The summed E-state index contributed by atoms with van der Waals surface area (Å²) in [5.74, 6) is 3.75. The van der Waals surface area contributed by atoms with Crippen LogP contribution in [0.25, 0.3) is 0 Å². The Bertz CT molecular complexity index is 1230. The van der Waals surface area contributed by atoms with Crippen LogP contribution < -0.4 is 14.8 Å². The number of aliphatic hydroxyl groups excluding tert-OH is 1. The van der Waals surface area contributed by atoms with Gasteiger partial charge in [0.05, 0.1) is 11.6 Å². The number of anilines is 1. The molecular formula is C20H20F3N3O5S. The number of amides is 1. The first-order valence-corrected chi connectivity index (χ1v) is 10.8. The molecule has 12 heteroatoms. The molecule has 0 bridgehead atoms. The van der Waals surface area contributed by atoms with Gasteiger partial charge in [-0.3, -0.25) is 4.79 Å². The highest BCUT2D eigenvalue weighted by atomic mass is 32.2. The van der Waals surface area contributed by atoms with Crippen LogP contribution in [-0.2, 0) is 23.2 Å². The van der Waals surface area contributed by atoms with Gasteiger partial charge in [0.25, 0.3) is 5.91 Å². The maximum Gasteiger partial charge on any atom is 0.416 e. The van der Waals surface area contributed by atoms with Crippen molar-refractivity contribution in [2.45, 2.75) is 37.1 Å². The monoisotopic (exact) mass is 471 g/mol. The molecule has 0 saturated heterocycles. The number of alkyl halides is 3. The van der Waals surface area contributed by atoms with Gasteiger partial charge in [0.15, 0.2) is 11.4 Å². The first-order valence-electron chi connectivity index (χ1n) is 9.29. The van der Waals surface area contributed by atoms with E-state index in [0.717, 1.165) is 12.3 Å². The molecule has 3 N–H and O–H groups in total.